The molecule has 8 nitrogen and oxygen atoms in total. The predicted molar refractivity (Wildman–Crippen MR) is 130 cm³/mol. The zero-order valence-electron chi connectivity index (χ0n) is 21.1. The Hall–Kier alpha value is -2.62. The van der Waals surface area contributed by atoms with E-state index < -0.39 is 21.3 Å². The molecule has 0 aliphatic carbocycles. The monoisotopic (exact) mass is 493 g/mol. The van der Waals surface area contributed by atoms with Crippen LogP contribution in [-0.2, 0) is 19.4 Å². The van der Waals surface area contributed by atoms with Gasteiger partial charge in [0, 0.05) is 17.9 Å². The second-order valence-corrected chi connectivity index (χ2v) is 12.1. The summed E-state index contributed by atoms with van der Waals surface area (Å²) < 4.78 is 41.0. The van der Waals surface area contributed by atoms with Crippen molar-refractivity contribution < 1.29 is 32.3 Å². The maximum absolute atomic E-state index is 12.7. The molecule has 1 atom stereocenters. The quantitative estimate of drug-likeness (QED) is 0.491. The SMILES string of the molecule is C[C@@H](COC(C)(C)C)Oc1cc(Oc2ccc(S(C)(=O)=O)cc2)cc(C(=O)ONC(C)(C)C)c1. The Morgan fingerprint density at radius 2 is 1.53 bits per heavy atom. The third-order valence-electron chi connectivity index (χ3n) is 4.14. The number of hydrogen-bond acceptors (Lipinski definition) is 8. The van der Waals surface area contributed by atoms with Gasteiger partial charge in [0.25, 0.3) is 0 Å². The molecule has 0 spiro atoms. The first-order valence-electron chi connectivity index (χ1n) is 10.9. The van der Waals surface area contributed by atoms with E-state index in [1.807, 2.05) is 48.5 Å². The van der Waals surface area contributed by atoms with Crippen molar-refractivity contribution in [2.45, 2.75) is 70.6 Å². The van der Waals surface area contributed by atoms with E-state index in [1.165, 1.54) is 18.2 Å². The zero-order valence-corrected chi connectivity index (χ0v) is 21.9. The van der Waals surface area contributed by atoms with E-state index in [-0.39, 0.29) is 22.2 Å². The Kier molecular flexibility index (Phi) is 8.74. The number of carbonyl (C=O) groups is 1. The molecule has 0 aliphatic heterocycles. The molecule has 0 saturated carbocycles. The van der Waals surface area contributed by atoms with E-state index in [9.17, 15) is 13.2 Å². The van der Waals surface area contributed by atoms with Gasteiger partial charge in [0.15, 0.2) is 9.84 Å². The molecule has 2 aromatic carbocycles. The highest BCUT2D eigenvalue weighted by atomic mass is 32.2. The van der Waals surface area contributed by atoms with E-state index >= 15 is 0 Å². The van der Waals surface area contributed by atoms with E-state index in [4.69, 9.17) is 19.0 Å². The van der Waals surface area contributed by atoms with E-state index in [0.717, 1.165) is 6.26 Å². The van der Waals surface area contributed by atoms with E-state index in [0.29, 0.717) is 23.9 Å². The van der Waals surface area contributed by atoms with Crippen molar-refractivity contribution >= 4 is 15.8 Å². The Balaban J connectivity index is 2.28. The van der Waals surface area contributed by atoms with Gasteiger partial charge >= 0.3 is 5.97 Å². The zero-order chi connectivity index (χ0) is 25.7. The largest absolute Gasteiger partial charge is 0.488 e. The molecule has 0 radical (unpaired) electrons. The number of rotatable bonds is 9. The second-order valence-electron chi connectivity index (χ2n) is 10.1. The minimum Gasteiger partial charge on any atom is -0.488 e. The number of carbonyl (C=O) groups excluding carboxylic acids is 1. The summed E-state index contributed by atoms with van der Waals surface area (Å²) in [6.07, 6.45) is 0.845. The van der Waals surface area contributed by atoms with Crippen LogP contribution in [0.15, 0.2) is 47.4 Å². The summed E-state index contributed by atoms with van der Waals surface area (Å²) in [6, 6.07) is 10.7. The number of nitrogens with one attached hydrogen (secondary N) is 1. The molecule has 2 aromatic rings. The van der Waals surface area contributed by atoms with E-state index in [2.05, 4.69) is 5.48 Å². The van der Waals surface area contributed by atoms with Crippen LogP contribution in [0.2, 0.25) is 0 Å². The normalized spacial score (nSPS) is 13.3. The minimum absolute atomic E-state index is 0.183. The van der Waals surface area contributed by atoms with Crippen molar-refractivity contribution in [1.82, 2.24) is 5.48 Å². The van der Waals surface area contributed by atoms with Gasteiger partial charge in [-0.3, -0.25) is 0 Å². The molecule has 188 valence electrons. The van der Waals surface area contributed by atoms with Crippen molar-refractivity contribution in [3.05, 3.63) is 48.0 Å². The number of sulfone groups is 1. The maximum atomic E-state index is 12.7. The molecule has 0 heterocycles. The second kappa shape index (κ2) is 10.8. The standard InChI is InChI=1S/C25H35NO7S/c1-17(16-30-25(5,6)7)31-20-13-18(23(27)33-26-24(2,3)4)14-21(15-20)32-19-9-11-22(12-10-19)34(8,28)29/h9-15,17,26H,16H2,1-8H3/t17-/m0/s1. The molecular weight excluding hydrogens is 458 g/mol. The molecule has 2 rings (SSSR count). The molecule has 0 aromatic heterocycles. The Labute approximate surface area is 202 Å². The lowest BCUT2D eigenvalue weighted by Crippen LogP contribution is -2.37. The lowest BCUT2D eigenvalue weighted by molar-refractivity contribution is -0.0374. The third kappa shape index (κ3) is 9.70. The summed E-state index contributed by atoms with van der Waals surface area (Å²) in [5.74, 6) is 0.534. The van der Waals surface area contributed by atoms with Crippen molar-refractivity contribution in [2.24, 2.45) is 0 Å². The van der Waals surface area contributed by atoms with Gasteiger partial charge in [-0.1, -0.05) is 0 Å². The first kappa shape index (κ1) is 27.6. The molecule has 9 heteroatoms. The molecule has 0 bridgehead atoms. The number of hydrogen-bond donors (Lipinski definition) is 1. The summed E-state index contributed by atoms with van der Waals surface area (Å²) in [7, 11) is -3.32. The molecule has 0 fully saturated rings. The van der Waals surface area contributed by atoms with Crippen LogP contribution in [0.5, 0.6) is 17.2 Å². The highest BCUT2D eigenvalue weighted by molar-refractivity contribution is 7.90. The number of hydroxylamine groups is 1. The van der Waals surface area contributed by atoms with Crippen LogP contribution in [0.4, 0.5) is 0 Å². The first-order chi connectivity index (χ1) is 15.5. The first-order valence-corrected chi connectivity index (χ1v) is 12.8. The van der Waals surface area contributed by atoms with Crippen LogP contribution < -0.4 is 15.0 Å². The predicted octanol–water partition coefficient (Wildman–Crippen LogP) is 4.92. The summed E-state index contributed by atoms with van der Waals surface area (Å²) >= 11 is 0. The fourth-order valence-electron chi connectivity index (χ4n) is 2.60. The lowest BCUT2D eigenvalue weighted by atomic mass is 10.1. The van der Waals surface area contributed by atoms with Gasteiger partial charge in [0.2, 0.25) is 0 Å². The molecule has 0 aliphatic rings. The highest BCUT2D eigenvalue weighted by Gasteiger charge is 2.19. The van der Waals surface area contributed by atoms with Crippen LogP contribution >= 0.6 is 0 Å². The Morgan fingerprint density at radius 3 is 2.06 bits per heavy atom. The van der Waals surface area contributed by atoms with Crippen molar-refractivity contribution in [3.8, 4) is 17.2 Å². The van der Waals surface area contributed by atoms with Crippen LogP contribution in [-0.4, -0.2) is 44.5 Å². The fraction of sp³-hybridized carbons (Fsp3) is 0.480. The van der Waals surface area contributed by atoms with E-state index in [1.54, 1.807) is 24.3 Å². The van der Waals surface area contributed by atoms with Crippen LogP contribution in [0.3, 0.4) is 0 Å². The minimum atomic E-state index is -3.32. The van der Waals surface area contributed by atoms with Crippen LogP contribution in [0.1, 0.15) is 58.8 Å². The summed E-state index contributed by atoms with van der Waals surface area (Å²) in [5.41, 5.74) is 2.18. The van der Waals surface area contributed by atoms with Gasteiger partial charge in [0.05, 0.1) is 22.7 Å². The summed E-state index contributed by atoms with van der Waals surface area (Å²) in [6.45, 7) is 13.7. The van der Waals surface area contributed by atoms with Crippen molar-refractivity contribution in [1.29, 1.82) is 0 Å². The summed E-state index contributed by atoms with van der Waals surface area (Å²) in [5, 5.41) is 0. The van der Waals surface area contributed by atoms with Gasteiger partial charge in [-0.25, -0.2) is 13.2 Å². The third-order valence-corrected chi connectivity index (χ3v) is 5.27. The fourth-order valence-corrected chi connectivity index (χ4v) is 3.23. The highest BCUT2D eigenvalue weighted by Crippen LogP contribution is 2.29. The molecule has 0 amide bonds. The Bertz CT molecular complexity index is 1080. The van der Waals surface area contributed by atoms with Gasteiger partial charge in [0.1, 0.15) is 23.4 Å². The molecule has 0 unspecified atom stereocenters. The smallest absolute Gasteiger partial charge is 0.357 e. The van der Waals surface area contributed by atoms with Gasteiger partial charge in [-0.15, -0.1) is 5.48 Å². The van der Waals surface area contributed by atoms with Crippen molar-refractivity contribution in [3.63, 3.8) is 0 Å². The van der Waals surface area contributed by atoms with Gasteiger partial charge < -0.3 is 19.0 Å². The number of ether oxygens (including phenoxy) is 3. The summed E-state index contributed by atoms with van der Waals surface area (Å²) in [4.78, 5) is 18.1. The average molecular weight is 494 g/mol. The molecule has 1 N–H and O–H groups in total. The number of benzene rings is 2. The lowest BCUT2D eigenvalue weighted by Gasteiger charge is -2.23. The van der Waals surface area contributed by atoms with Crippen LogP contribution in [0.25, 0.3) is 0 Å². The molecule has 34 heavy (non-hydrogen) atoms. The average Bonchev–Trinajstić information content (AvgIpc) is 2.69. The Morgan fingerprint density at radius 1 is 0.941 bits per heavy atom. The van der Waals surface area contributed by atoms with Crippen LogP contribution in [0, 0.1) is 0 Å². The van der Waals surface area contributed by atoms with Crippen molar-refractivity contribution in [2.75, 3.05) is 12.9 Å². The van der Waals surface area contributed by atoms with Gasteiger partial charge in [-0.2, -0.15) is 0 Å². The topological polar surface area (TPSA) is 100 Å². The molecular formula is C25H35NO7S. The maximum Gasteiger partial charge on any atom is 0.357 e. The van der Waals surface area contributed by atoms with Gasteiger partial charge in [-0.05, 0) is 84.9 Å². The molecule has 0 saturated heterocycles.